The first-order valence-corrected chi connectivity index (χ1v) is 8.85. The summed E-state index contributed by atoms with van der Waals surface area (Å²) >= 11 is 1.51. The van der Waals surface area contributed by atoms with Gasteiger partial charge in [-0.3, -0.25) is 19.8 Å². The second kappa shape index (κ2) is 5.03. The predicted octanol–water partition coefficient (Wildman–Crippen LogP) is 2.07. The smallest absolute Gasteiger partial charge is 0.271 e. The average molecular weight is 330 g/mol. The second-order valence-electron chi connectivity index (χ2n) is 6.49. The number of thiophene rings is 1. The van der Waals surface area contributed by atoms with Crippen LogP contribution in [0.25, 0.3) is 0 Å². The van der Waals surface area contributed by atoms with Gasteiger partial charge in [-0.05, 0) is 37.2 Å². The van der Waals surface area contributed by atoms with E-state index in [4.69, 9.17) is 0 Å². The van der Waals surface area contributed by atoms with Gasteiger partial charge in [0.1, 0.15) is 0 Å². The minimum atomic E-state index is -0.367. The molecule has 1 aromatic rings. The van der Waals surface area contributed by atoms with Crippen LogP contribution >= 0.6 is 11.3 Å². The number of hydrogen-bond acceptors (Lipinski definition) is 4. The van der Waals surface area contributed by atoms with Crippen molar-refractivity contribution in [2.45, 2.75) is 26.7 Å². The summed E-state index contributed by atoms with van der Waals surface area (Å²) in [7, 11) is 0. The summed E-state index contributed by atoms with van der Waals surface area (Å²) in [4.78, 5) is 38.8. The Morgan fingerprint density at radius 3 is 2.43 bits per heavy atom. The third-order valence-corrected chi connectivity index (χ3v) is 6.34. The van der Waals surface area contributed by atoms with Gasteiger partial charge in [-0.15, -0.1) is 11.3 Å². The van der Waals surface area contributed by atoms with E-state index in [2.05, 4.69) is 5.43 Å². The topological polar surface area (TPSA) is 66.5 Å². The van der Waals surface area contributed by atoms with Gasteiger partial charge < -0.3 is 0 Å². The molecule has 23 heavy (non-hydrogen) atoms. The van der Waals surface area contributed by atoms with E-state index >= 15 is 0 Å². The second-order valence-corrected chi connectivity index (χ2v) is 7.57. The molecular weight excluding hydrogens is 312 g/mol. The molecule has 2 bridgehead atoms. The van der Waals surface area contributed by atoms with Gasteiger partial charge in [-0.2, -0.15) is 5.01 Å². The Labute approximate surface area is 138 Å². The monoisotopic (exact) mass is 330 g/mol. The van der Waals surface area contributed by atoms with E-state index in [9.17, 15) is 14.4 Å². The molecule has 0 spiro atoms. The summed E-state index contributed by atoms with van der Waals surface area (Å²) in [5.41, 5.74) is 4.10. The van der Waals surface area contributed by atoms with Crippen molar-refractivity contribution >= 4 is 29.1 Å². The maximum absolute atomic E-state index is 12.6. The molecule has 6 heteroatoms. The number of fused-ring (bicyclic) bond motifs is 5. The molecule has 1 saturated heterocycles. The fraction of sp³-hybridized carbons (Fsp3) is 0.471. The molecule has 120 valence electrons. The van der Waals surface area contributed by atoms with Crippen LogP contribution in [0.4, 0.5) is 0 Å². The molecule has 2 heterocycles. The fourth-order valence-electron chi connectivity index (χ4n) is 4.28. The van der Waals surface area contributed by atoms with Crippen molar-refractivity contribution in [3.63, 3.8) is 0 Å². The number of rotatable bonds is 3. The summed E-state index contributed by atoms with van der Waals surface area (Å²) in [6.07, 6.45) is 5.72. The molecule has 1 aromatic heterocycles. The number of hydrazine groups is 1. The van der Waals surface area contributed by atoms with Gasteiger partial charge >= 0.3 is 0 Å². The Hall–Kier alpha value is -1.95. The Bertz CT molecular complexity index is 721. The van der Waals surface area contributed by atoms with Crippen molar-refractivity contribution in [1.29, 1.82) is 0 Å². The summed E-state index contributed by atoms with van der Waals surface area (Å²) in [5, 5.41) is 2.76. The summed E-state index contributed by atoms with van der Waals surface area (Å²) in [5.74, 6) is -1.14. The molecule has 0 unspecified atom stereocenters. The maximum atomic E-state index is 12.6. The van der Waals surface area contributed by atoms with Gasteiger partial charge in [0.2, 0.25) is 0 Å². The Kier molecular flexibility index (Phi) is 3.20. The molecule has 0 aromatic carbocycles. The largest absolute Gasteiger partial charge is 0.272 e. The first-order chi connectivity index (χ1) is 11.0. The van der Waals surface area contributed by atoms with E-state index in [0.29, 0.717) is 5.56 Å². The summed E-state index contributed by atoms with van der Waals surface area (Å²) in [6.45, 7) is 3.96. The van der Waals surface area contributed by atoms with Crippen LogP contribution in [0, 0.1) is 30.6 Å². The lowest BCUT2D eigenvalue weighted by Crippen LogP contribution is -2.47. The van der Waals surface area contributed by atoms with Gasteiger partial charge in [-0.1, -0.05) is 19.1 Å². The van der Waals surface area contributed by atoms with E-state index in [1.165, 1.54) is 11.3 Å². The number of hydrogen-bond donors (Lipinski definition) is 1. The summed E-state index contributed by atoms with van der Waals surface area (Å²) < 4.78 is 0. The number of aryl methyl sites for hydroxylation is 1. The zero-order valence-electron chi connectivity index (χ0n) is 13.0. The van der Waals surface area contributed by atoms with Crippen molar-refractivity contribution in [3.05, 3.63) is 33.5 Å². The zero-order valence-corrected chi connectivity index (χ0v) is 13.9. The molecule has 3 aliphatic rings. The SMILES string of the molecule is CCc1c(C(=O)NN2C(=O)[C@H]3[C@H](C2=O)[C@H]2C=C[C@H]3C2)csc1C. The number of carbonyl (C=O) groups is 3. The van der Waals surface area contributed by atoms with Crippen LogP contribution in [-0.4, -0.2) is 22.7 Å². The van der Waals surface area contributed by atoms with E-state index in [1.807, 2.05) is 26.0 Å². The molecule has 4 atom stereocenters. The van der Waals surface area contributed by atoms with Crippen molar-refractivity contribution in [2.24, 2.45) is 23.7 Å². The highest BCUT2D eigenvalue weighted by Crippen LogP contribution is 2.52. The van der Waals surface area contributed by atoms with Crippen LogP contribution < -0.4 is 5.43 Å². The van der Waals surface area contributed by atoms with Crippen LogP contribution in [0.2, 0.25) is 0 Å². The molecular formula is C17H18N2O3S. The predicted molar refractivity (Wildman–Crippen MR) is 85.5 cm³/mol. The zero-order chi connectivity index (χ0) is 16.3. The Balaban J connectivity index is 1.57. The highest BCUT2D eigenvalue weighted by Gasteiger charge is 2.59. The molecule has 5 nitrogen and oxygen atoms in total. The molecule has 3 amide bonds. The number of allylic oxidation sites excluding steroid dienone is 2. The van der Waals surface area contributed by atoms with Gasteiger partial charge in [0.25, 0.3) is 17.7 Å². The van der Waals surface area contributed by atoms with Crippen LogP contribution in [0.3, 0.4) is 0 Å². The number of imide groups is 1. The van der Waals surface area contributed by atoms with Crippen molar-refractivity contribution < 1.29 is 14.4 Å². The molecule has 2 fully saturated rings. The number of nitrogens with one attached hydrogen (secondary N) is 1. The van der Waals surface area contributed by atoms with E-state index in [-0.39, 0.29) is 41.4 Å². The van der Waals surface area contributed by atoms with Gasteiger partial charge in [0.05, 0.1) is 17.4 Å². The molecule has 1 N–H and O–H groups in total. The highest BCUT2D eigenvalue weighted by atomic mass is 32.1. The normalized spacial score (nSPS) is 31.1. The first kappa shape index (κ1) is 14.6. The lowest BCUT2D eigenvalue weighted by molar-refractivity contribution is -0.143. The van der Waals surface area contributed by atoms with E-state index in [1.54, 1.807) is 5.38 Å². The number of carbonyl (C=O) groups excluding carboxylic acids is 3. The molecule has 1 aliphatic heterocycles. The Morgan fingerprint density at radius 1 is 1.26 bits per heavy atom. The third-order valence-electron chi connectivity index (χ3n) is 5.39. The van der Waals surface area contributed by atoms with Gasteiger partial charge in [0.15, 0.2) is 0 Å². The minimum absolute atomic E-state index is 0.151. The van der Waals surface area contributed by atoms with Crippen molar-refractivity contribution in [1.82, 2.24) is 10.4 Å². The van der Waals surface area contributed by atoms with E-state index in [0.717, 1.165) is 28.3 Å². The summed E-state index contributed by atoms with van der Waals surface area (Å²) in [6, 6.07) is 0. The lowest BCUT2D eigenvalue weighted by Gasteiger charge is -2.18. The van der Waals surface area contributed by atoms with Crippen LogP contribution in [0.1, 0.15) is 34.1 Å². The van der Waals surface area contributed by atoms with Gasteiger partial charge in [0, 0.05) is 10.3 Å². The molecule has 4 rings (SSSR count). The van der Waals surface area contributed by atoms with Crippen LogP contribution in [0.15, 0.2) is 17.5 Å². The van der Waals surface area contributed by atoms with Crippen molar-refractivity contribution in [3.8, 4) is 0 Å². The minimum Gasteiger partial charge on any atom is -0.272 e. The number of nitrogens with zero attached hydrogens (tertiary/aromatic N) is 1. The third kappa shape index (κ3) is 1.94. The standard InChI is InChI=1S/C17H18N2O3S/c1-3-11-8(2)23-7-12(11)15(20)18-19-16(21)13-9-4-5-10(6-9)14(13)17(19)22/h4-5,7,9-10,13-14H,3,6H2,1-2H3,(H,18,20)/t9-,10-,13+,14+/m0/s1. The quantitative estimate of drug-likeness (QED) is 0.681. The first-order valence-electron chi connectivity index (χ1n) is 7.97. The van der Waals surface area contributed by atoms with Gasteiger partial charge in [-0.25, -0.2) is 0 Å². The number of amides is 3. The van der Waals surface area contributed by atoms with Crippen LogP contribution in [-0.2, 0) is 16.0 Å². The highest BCUT2D eigenvalue weighted by molar-refractivity contribution is 7.10. The molecule has 1 saturated carbocycles. The average Bonchev–Trinajstić information content (AvgIpc) is 3.27. The van der Waals surface area contributed by atoms with Crippen molar-refractivity contribution in [2.75, 3.05) is 0 Å². The van der Waals surface area contributed by atoms with E-state index < -0.39 is 0 Å². The Morgan fingerprint density at radius 2 is 1.87 bits per heavy atom. The fourth-order valence-corrected chi connectivity index (χ4v) is 5.22. The lowest BCUT2D eigenvalue weighted by atomic mass is 9.85. The molecule has 0 radical (unpaired) electrons. The maximum Gasteiger partial charge on any atom is 0.271 e. The van der Waals surface area contributed by atoms with Crippen LogP contribution in [0.5, 0.6) is 0 Å². The molecule has 2 aliphatic carbocycles.